The number of ketones is 1. The first kappa shape index (κ1) is 19.8. The third kappa shape index (κ3) is 3.56. The fourth-order valence-electron chi connectivity index (χ4n) is 3.91. The fraction of sp³-hybridized carbons (Fsp3) is 0.429. The summed E-state index contributed by atoms with van der Waals surface area (Å²) < 4.78 is 6.55. The summed E-state index contributed by atoms with van der Waals surface area (Å²) in [6, 6.07) is 9.40. The lowest BCUT2D eigenvalue weighted by molar-refractivity contribution is -0.152. The van der Waals surface area contributed by atoms with E-state index in [4.69, 9.17) is 4.74 Å². The summed E-state index contributed by atoms with van der Waals surface area (Å²) in [5.74, 6) is -1.99. The summed E-state index contributed by atoms with van der Waals surface area (Å²) in [5, 5.41) is 7.11. The largest absolute Gasteiger partial charge is 0.467 e. The van der Waals surface area contributed by atoms with E-state index in [2.05, 4.69) is 10.4 Å². The van der Waals surface area contributed by atoms with Gasteiger partial charge in [0.2, 0.25) is 0 Å². The lowest BCUT2D eigenvalue weighted by Crippen LogP contribution is -2.57. The Bertz CT molecular complexity index is 896. The van der Waals surface area contributed by atoms with Gasteiger partial charge >= 0.3 is 5.97 Å². The third-order valence-corrected chi connectivity index (χ3v) is 5.36. The van der Waals surface area contributed by atoms with Crippen LogP contribution in [-0.4, -0.2) is 40.1 Å². The van der Waals surface area contributed by atoms with Crippen molar-refractivity contribution in [3.63, 3.8) is 0 Å². The number of hydrogen-bond donors (Lipinski definition) is 1. The molecule has 0 bridgehead atoms. The van der Waals surface area contributed by atoms with Gasteiger partial charge in [-0.1, -0.05) is 37.5 Å². The molecule has 0 spiro atoms. The number of amides is 1. The predicted octanol–water partition coefficient (Wildman–Crippen LogP) is 2.66. The van der Waals surface area contributed by atoms with Crippen molar-refractivity contribution in [2.24, 2.45) is 0 Å². The minimum Gasteiger partial charge on any atom is -0.467 e. The van der Waals surface area contributed by atoms with Crippen LogP contribution in [0.1, 0.15) is 53.8 Å². The van der Waals surface area contributed by atoms with Gasteiger partial charge in [0.15, 0.2) is 0 Å². The maximum absolute atomic E-state index is 12.9. The van der Waals surface area contributed by atoms with Gasteiger partial charge in [0.25, 0.3) is 11.7 Å². The zero-order valence-corrected chi connectivity index (χ0v) is 16.4. The summed E-state index contributed by atoms with van der Waals surface area (Å²) in [4.78, 5) is 38.1. The highest BCUT2D eigenvalue weighted by molar-refractivity contribution is 6.43. The van der Waals surface area contributed by atoms with Gasteiger partial charge in [-0.25, -0.2) is 9.48 Å². The first-order valence-corrected chi connectivity index (χ1v) is 9.46. The Balaban J connectivity index is 1.88. The van der Waals surface area contributed by atoms with Crippen LogP contribution < -0.4 is 5.32 Å². The summed E-state index contributed by atoms with van der Waals surface area (Å²) in [5.41, 5.74) is 0.992. The van der Waals surface area contributed by atoms with Crippen molar-refractivity contribution < 1.29 is 19.1 Å². The Morgan fingerprint density at radius 3 is 2.32 bits per heavy atom. The number of aromatic nitrogens is 2. The quantitative estimate of drug-likeness (QED) is 0.487. The molecule has 1 amide bonds. The molecular formula is C21H25N3O4. The Morgan fingerprint density at radius 1 is 1.07 bits per heavy atom. The minimum atomic E-state index is -1.13. The number of hydrogen-bond acceptors (Lipinski definition) is 5. The number of nitrogens with zero attached hydrogens (tertiary/aromatic N) is 2. The third-order valence-electron chi connectivity index (χ3n) is 5.36. The smallest absolute Gasteiger partial charge is 0.331 e. The molecule has 1 saturated carbocycles. The van der Waals surface area contributed by atoms with Gasteiger partial charge in [0.1, 0.15) is 5.54 Å². The van der Waals surface area contributed by atoms with E-state index in [1.165, 1.54) is 7.11 Å². The molecule has 3 rings (SSSR count). The molecule has 1 aliphatic rings. The van der Waals surface area contributed by atoms with E-state index < -0.39 is 23.2 Å². The number of methoxy groups -OCH3 is 1. The van der Waals surface area contributed by atoms with Gasteiger partial charge in [-0.15, -0.1) is 0 Å². The van der Waals surface area contributed by atoms with Crippen molar-refractivity contribution in [1.29, 1.82) is 0 Å². The number of carbonyl (C=O) groups excluding carboxylic acids is 3. The van der Waals surface area contributed by atoms with E-state index in [0.29, 0.717) is 24.2 Å². The van der Waals surface area contributed by atoms with Crippen molar-refractivity contribution in [2.45, 2.75) is 51.5 Å². The second-order valence-electron chi connectivity index (χ2n) is 7.21. The van der Waals surface area contributed by atoms with Crippen molar-refractivity contribution in [2.75, 3.05) is 7.11 Å². The summed E-state index contributed by atoms with van der Waals surface area (Å²) in [6.45, 7) is 3.45. The maximum Gasteiger partial charge on any atom is 0.331 e. The van der Waals surface area contributed by atoms with Crippen LogP contribution in [0, 0.1) is 13.8 Å². The van der Waals surface area contributed by atoms with Gasteiger partial charge < -0.3 is 10.1 Å². The molecule has 0 saturated heterocycles. The average Bonchev–Trinajstić information content (AvgIpc) is 3.02. The molecular weight excluding hydrogens is 358 g/mol. The van der Waals surface area contributed by atoms with E-state index in [9.17, 15) is 14.4 Å². The molecule has 7 nitrogen and oxygen atoms in total. The zero-order chi connectivity index (χ0) is 20.3. The average molecular weight is 383 g/mol. The van der Waals surface area contributed by atoms with Crippen LogP contribution in [-0.2, 0) is 14.3 Å². The number of Topliss-reactive ketones (excluding diaryl/α,β-unsaturated/α-hetero) is 1. The molecule has 1 heterocycles. The Kier molecular flexibility index (Phi) is 5.63. The van der Waals surface area contributed by atoms with Crippen LogP contribution in [0.4, 0.5) is 0 Å². The Labute approximate surface area is 164 Å². The van der Waals surface area contributed by atoms with Crippen LogP contribution in [0.2, 0.25) is 0 Å². The molecule has 148 valence electrons. The molecule has 0 radical (unpaired) electrons. The molecule has 0 unspecified atom stereocenters. The standard InChI is InChI=1S/C21H25N3O4/c1-14-17(15(2)24(23-14)16-10-6-4-7-11-16)18(25)19(26)22-21(20(27)28-3)12-8-5-9-13-21/h4,6-7,10-11H,5,8-9,12-13H2,1-3H3,(H,22,26). The van der Waals surface area contributed by atoms with E-state index in [0.717, 1.165) is 24.9 Å². The molecule has 2 aromatic rings. The summed E-state index contributed by atoms with van der Waals surface area (Å²) in [7, 11) is 1.30. The number of rotatable bonds is 5. The second kappa shape index (κ2) is 7.96. The van der Waals surface area contributed by atoms with Gasteiger partial charge in [-0.05, 0) is 38.8 Å². The highest BCUT2D eigenvalue weighted by Gasteiger charge is 2.43. The number of benzene rings is 1. The van der Waals surface area contributed by atoms with E-state index in [1.54, 1.807) is 18.5 Å². The molecule has 0 aliphatic heterocycles. The van der Waals surface area contributed by atoms with Crippen LogP contribution in [0.15, 0.2) is 30.3 Å². The number of ether oxygens (including phenoxy) is 1. The molecule has 1 N–H and O–H groups in total. The molecule has 1 aromatic carbocycles. The second-order valence-corrected chi connectivity index (χ2v) is 7.21. The predicted molar refractivity (Wildman–Crippen MR) is 103 cm³/mol. The lowest BCUT2D eigenvalue weighted by Gasteiger charge is -2.34. The summed E-state index contributed by atoms with van der Waals surface area (Å²) >= 11 is 0. The van der Waals surface area contributed by atoms with Gasteiger partial charge in [0, 0.05) is 0 Å². The number of carbonyl (C=O) groups is 3. The van der Waals surface area contributed by atoms with E-state index in [-0.39, 0.29) is 5.56 Å². The van der Waals surface area contributed by atoms with E-state index >= 15 is 0 Å². The SMILES string of the molecule is COC(=O)C1(NC(=O)C(=O)c2c(C)nn(-c3ccccc3)c2C)CCCCC1. The lowest BCUT2D eigenvalue weighted by atomic mass is 9.81. The van der Waals surface area contributed by atoms with Crippen molar-refractivity contribution in [3.05, 3.63) is 47.3 Å². The molecule has 28 heavy (non-hydrogen) atoms. The molecule has 1 aromatic heterocycles. The maximum atomic E-state index is 12.9. The van der Waals surface area contributed by atoms with E-state index in [1.807, 2.05) is 30.3 Å². The number of esters is 1. The highest BCUT2D eigenvalue weighted by atomic mass is 16.5. The van der Waals surface area contributed by atoms with Gasteiger partial charge in [-0.3, -0.25) is 9.59 Å². The van der Waals surface area contributed by atoms with Crippen molar-refractivity contribution in [3.8, 4) is 5.69 Å². The number of para-hydroxylation sites is 1. The monoisotopic (exact) mass is 383 g/mol. The van der Waals surface area contributed by atoms with Gasteiger partial charge in [-0.2, -0.15) is 5.10 Å². The fourth-order valence-corrected chi connectivity index (χ4v) is 3.91. The van der Waals surface area contributed by atoms with Crippen LogP contribution in [0.25, 0.3) is 5.69 Å². The zero-order valence-electron chi connectivity index (χ0n) is 16.4. The van der Waals surface area contributed by atoms with Crippen LogP contribution >= 0.6 is 0 Å². The first-order chi connectivity index (χ1) is 13.4. The Morgan fingerprint density at radius 2 is 1.71 bits per heavy atom. The first-order valence-electron chi connectivity index (χ1n) is 9.46. The van der Waals surface area contributed by atoms with Crippen molar-refractivity contribution >= 4 is 17.7 Å². The topological polar surface area (TPSA) is 90.3 Å². The molecule has 7 heteroatoms. The Hall–Kier alpha value is -2.96. The summed E-state index contributed by atoms with van der Waals surface area (Å²) in [6.07, 6.45) is 3.53. The minimum absolute atomic E-state index is 0.261. The normalized spacial score (nSPS) is 15.7. The van der Waals surface area contributed by atoms with Crippen molar-refractivity contribution in [1.82, 2.24) is 15.1 Å². The number of nitrogens with one attached hydrogen (secondary N) is 1. The van der Waals surface area contributed by atoms with Gasteiger partial charge in [0.05, 0.1) is 29.7 Å². The molecule has 1 aliphatic carbocycles. The van der Waals surface area contributed by atoms with Crippen LogP contribution in [0.3, 0.4) is 0 Å². The number of aryl methyl sites for hydroxylation is 1. The van der Waals surface area contributed by atoms with Crippen LogP contribution in [0.5, 0.6) is 0 Å². The molecule has 0 atom stereocenters. The molecule has 1 fully saturated rings. The highest BCUT2D eigenvalue weighted by Crippen LogP contribution is 2.30.